The molecular weight excluding hydrogens is 384 g/mol. The van der Waals surface area contributed by atoms with Crippen molar-refractivity contribution >= 4 is 28.8 Å². The average molecular weight is 405 g/mol. The SMILES string of the molecule is CCCc1nc(C(C)(C)NC(=O)c2sc(-c3ccccc3Cl)nc2C)no1. The van der Waals surface area contributed by atoms with Gasteiger partial charge in [0.15, 0.2) is 5.82 Å². The minimum absolute atomic E-state index is 0.227. The highest BCUT2D eigenvalue weighted by atomic mass is 35.5. The summed E-state index contributed by atoms with van der Waals surface area (Å²) in [4.78, 5) is 22.3. The molecule has 8 heteroatoms. The molecule has 2 heterocycles. The van der Waals surface area contributed by atoms with E-state index < -0.39 is 5.54 Å². The lowest BCUT2D eigenvalue weighted by atomic mass is 10.0. The van der Waals surface area contributed by atoms with E-state index in [-0.39, 0.29) is 5.91 Å². The lowest BCUT2D eigenvalue weighted by Crippen LogP contribution is -2.41. The fourth-order valence-corrected chi connectivity index (χ4v) is 3.86. The summed E-state index contributed by atoms with van der Waals surface area (Å²) in [5.41, 5.74) is 0.698. The summed E-state index contributed by atoms with van der Waals surface area (Å²) in [6.07, 6.45) is 1.63. The Labute approximate surface area is 167 Å². The molecule has 0 aliphatic heterocycles. The number of aromatic nitrogens is 3. The van der Waals surface area contributed by atoms with Gasteiger partial charge in [-0.3, -0.25) is 4.79 Å². The Balaban J connectivity index is 1.82. The van der Waals surface area contributed by atoms with Crippen LogP contribution in [-0.2, 0) is 12.0 Å². The fourth-order valence-electron chi connectivity index (χ4n) is 2.58. The molecule has 142 valence electrons. The molecule has 0 aliphatic carbocycles. The summed E-state index contributed by atoms with van der Waals surface area (Å²) in [5.74, 6) is 0.799. The molecule has 0 saturated heterocycles. The van der Waals surface area contributed by atoms with Crippen LogP contribution < -0.4 is 5.32 Å². The second-order valence-corrected chi connectivity index (χ2v) is 8.16. The monoisotopic (exact) mass is 404 g/mol. The van der Waals surface area contributed by atoms with Crippen LogP contribution in [-0.4, -0.2) is 21.0 Å². The van der Waals surface area contributed by atoms with Crippen molar-refractivity contribution in [3.63, 3.8) is 0 Å². The number of nitrogens with zero attached hydrogens (tertiary/aromatic N) is 3. The highest BCUT2D eigenvalue weighted by Crippen LogP contribution is 2.33. The molecule has 0 spiro atoms. The standard InChI is InChI=1S/C19H21ClN4O2S/c1-5-8-14-22-18(24-26-14)19(3,4)23-16(25)15-11(2)21-17(27-15)12-9-6-7-10-13(12)20/h6-7,9-10H,5,8H2,1-4H3,(H,23,25). The van der Waals surface area contributed by atoms with Gasteiger partial charge in [-0.2, -0.15) is 4.98 Å². The molecule has 3 rings (SSSR count). The van der Waals surface area contributed by atoms with Crippen molar-refractivity contribution in [2.45, 2.75) is 46.1 Å². The van der Waals surface area contributed by atoms with E-state index in [0.717, 1.165) is 12.0 Å². The predicted molar refractivity (Wildman–Crippen MR) is 106 cm³/mol. The third kappa shape index (κ3) is 4.20. The Hall–Kier alpha value is -2.25. The van der Waals surface area contributed by atoms with Gasteiger partial charge in [-0.05, 0) is 33.3 Å². The molecule has 1 amide bonds. The van der Waals surface area contributed by atoms with Gasteiger partial charge in [0.1, 0.15) is 9.88 Å². The summed E-state index contributed by atoms with van der Waals surface area (Å²) < 4.78 is 5.24. The number of benzene rings is 1. The first-order valence-electron chi connectivity index (χ1n) is 8.69. The Morgan fingerprint density at radius 3 is 2.74 bits per heavy atom. The molecule has 27 heavy (non-hydrogen) atoms. The minimum Gasteiger partial charge on any atom is -0.339 e. The molecule has 1 aromatic carbocycles. The number of carbonyl (C=O) groups excluding carboxylic acids is 1. The summed E-state index contributed by atoms with van der Waals surface area (Å²) in [6, 6.07) is 7.45. The number of hydrogen-bond donors (Lipinski definition) is 1. The smallest absolute Gasteiger partial charge is 0.264 e. The highest BCUT2D eigenvalue weighted by molar-refractivity contribution is 7.17. The molecule has 2 aromatic heterocycles. The van der Waals surface area contributed by atoms with E-state index in [1.807, 2.05) is 45.9 Å². The van der Waals surface area contributed by atoms with Gasteiger partial charge in [0.25, 0.3) is 5.91 Å². The van der Waals surface area contributed by atoms with Crippen LogP contribution in [0.25, 0.3) is 10.6 Å². The first kappa shape index (κ1) is 19.5. The maximum atomic E-state index is 12.9. The molecule has 0 unspecified atom stereocenters. The van der Waals surface area contributed by atoms with E-state index in [4.69, 9.17) is 16.1 Å². The van der Waals surface area contributed by atoms with E-state index in [1.165, 1.54) is 11.3 Å². The van der Waals surface area contributed by atoms with Crippen molar-refractivity contribution in [3.8, 4) is 10.6 Å². The first-order chi connectivity index (χ1) is 12.8. The van der Waals surface area contributed by atoms with Crippen LogP contribution in [0.4, 0.5) is 0 Å². The lowest BCUT2D eigenvalue weighted by molar-refractivity contribution is 0.0911. The van der Waals surface area contributed by atoms with E-state index in [9.17, 15) is 4.79 Å². The van der Waals surface area contributed by atoms with E-state index >= 15 is 0 Å². The molecule has 1 N–H and O–H groups in total. The zero-order valence-corrected chi connectivity index (χ0v) is 17.2. The number of carbonyl (C=O) groups is 1. The van der Waals surface area contributed by atoms with Crippen molar-refractivity contribution in [2.75, 3.05) is 0 Å². The van der Waals surface area contributed by atoms with Crippen LogP contribution in [0.3, 0.4) is 0 Å². The second-order valence-electron chi connectivity index (χ2n) is 6.75. The van der Waals surface area contributed by atoms with Crippen LogP contribution in [0.2, 0.25) is 5.02 Å². The number of thiazole rings is 1. The third-order valence-electron chi connectivity index (χ3n) is 4.02. The third-order valence-corrected chi connectivity index (χ3v) is 5.54. The first-order valence-corrected chi connectivity index (χ1v) is 9.89. The van der Waals surface area contributed by atoms with Crippen molar-refractivity contribution in [1.82, 2.24) is 20.4 Å². The quantitative estimate of drug-likeness (QED) is 0.639. The Morgan fingerprint density at radius 2 is 2.04 bits per heavy atom. The number of aryl methyl sites for hydroxylation is 2. The maximum absolute atomic E-state index is 12.9. The van der Waals surface area contributed by atoms with Gasteiger partial charge < -0.3 is 9.84 Å². The number of amides is 1. The molecule has 0 atom stereocenters. The molecule has 0 radical (unpaired) electrons. The summed E-state index contributed by atoms with van der Waals surface area (Å²) >= 11 is 7.57. The second kappa shape index (κ2) is 7.78. The van der Waals surface area contributed by atoms with Gasteiger partial charge in [0, 0.05) is 12.0 Å². The van der Waals surface area contributed by atoms with Crippen molar-refractivity contribution in [3.05, 3.63) is 51.6 Å². The van der Waals surface area contributed by atoms with Crippen LogP contribution in [0, 0.1) is 6.92 Å². The van der Waals surface area contributed by atoms with Crippen molar-refractivity contribution in [2.24, 2.45) is 0 Å². The Bertz CT molecular complexity index is 964. The van der Waals surface area contributed by atoms with Gasteiger partial charge in [-0.15, -0.1) is 11.3 Å². The van der Waals surface area contributed by atoms with E-state index in [2.05, 4.69) is 20.4 Å². The van der Waals surface area contributed by atoms with E-state index in [1.54, 1.807) is 6.07 Å². The molecule has 6 nitrogen and oxygen atoms in total. The molecule has 0 fully saturated rings. The molecule has 0 saturated carbocycles. The minimum atomic E-state index is -0.770. The molecule has 0 aliphatic rings. The number of rotatable bonds is 6. The Kier molecular flexibility index (Phi) is 5.62. The summed E-state index contributed by atoms with van der Waals surface area (Å²) in [5, 5.41) is 8.31. The van der Waals surface area contributed by atoms with Crippen LogP contribution in [0.15, 0.2) is 28.8 Å². The van der Waals surface area contributed by atoms with Gasteiger partial charge in [-0.25, -0.2) is 4.98 Å². The van der Waals surface area contributed by atoms with Crippen molar-refractivity contribution < 1.29 is 9.32 Å². The zero-order chi connectivity index (χ0) is 19.6. The zero-order valence-electron chi connectivity index (χ0n) is 15.7. The highest BCUT2D eigenvalue weighted by Gasteiger charge is 2.30. The normalized spacial score (nSPS) is 11.6. The number of halogens is 1. The average Bonchev–Trinajstić information content (AvgIpc) is 3.22. The predicted octanol–water partition coefficient (Wildman–Crippen LogP) is 4.77. The summed E-state index contributed by atoms with van der Waals surface area (Å²) in [7, 11) is 0. The summed E-state index contributed by atoms with van der Waals surface area (Å²) in [6.45, 7) is 7.54. The Morgan fingerprint density at radius 1 is 1.30 bits per heavy atom. The van der Waals surface area contributed by atoms with Gasteiger partial charge >= 0.3 is 0 Å². The van der Waals surface area contributed by atoms with E-state index in [0.29, 0.717) is 38.7 Å². The van der Waals surface area contributed by atoms with Crippen LogP contribution >= 0.6 is 22.9 Å². The molecule has 3 aromatic rings. The molecule has 0 bridgehead atoms. The van der Waals surface area contributed by atoms with Crippen molar-refractivity contribution in [1.29, 1.82) is 0 Å². The number of hydrogen-bond acceptors (Lipinski definition) is 6. The fraction of sp³-hybridized carbons (Fsp3) is 0.368. The lowest BCUT2D eigenvalue weighted by Gasteiger charge is -2.21. The molecular formula is C19H21ClN4O2S. The topological polar surface area (TPSA) is 80.9 Å². The number of nitrogens with one attached hydrogen (secondary N) is 1. The maximum Gasteiger partial charge on any atom is 0.264 e. The van der Waals surface area contributed by atoms with Crippen LogP contribution in [0.1, 0.15) is 54.3 Å². The largest absolute Gasteiger partial charge is 0.339 e. The van der Waals surface area contributed by atoms with Crippen LogP contribution in [0.5, 0.6) is 0 Å². The van der Waals surface area contributed by atoms with Gasteiger partial charge in [-0.1, -0.05) is 41.9 Å². The van der Waals surface area contributed by atoms with Gasteiger partial charge in [0.2, 0.25) is 5.89 Å². The van der Waals surface area contributed by atoms with Gasteiger partial charge in [0.05, 0.1) is 16.3 Å².